The SMILES string of the molecule is COCCNCC(O)CN1CCCC(C(C)C)CC1. The highest BCUT2D eigenvalue weighted by Gasteiger charge is 2.20. The van der Waals surface area contributed by atoms with E-state index in [1.807, 2.05) is 0 Å². The van der Waals surface area contributed by atoms with Crippen LogP contribution in [0.3, 0.4) is 0 Å². The topological polar surface area (TPSA) is 44.7 Å². The lowest BCUT2D eigenvalue weighted by molar-refractivity contribution is 0.109. The molecule has 1 aliphatic rings. The van der Waals surface area contributed by atoms with E-state index in [0.717, 1.165) is 38.0 Å². The first kappa shape index (κ1) is 16.9. The molecule has 2 atom stereocenters. The summed E-state index contributed by atoms with van der Waals surface area (Å²) in [4.78, 5) is 2.42. The molecule has 0 aromatic carbocycles. The van der Waals surface area contributed by atoms with Crippen LogP contribution in [0.1, 0.15) is 33.1 Å². The van der Waals surface area contributed by atoms with Crippen molar-refractivity contribution in [2.24, 2.45) is 11.8 Å². The highest BCUT2D eigenvalue weighted by atomic mass is 16.5. The number of nitrogens with zero attached hydrogens (tertiary/aromatic N) is 1. The van der Waals surface area contributed by atoms with Gasteiger partial charge < -0.3 is 20.1 Å². The summed E-state index contributed by atoms with van der Waals surface area (Å²) < 4.78 is 4.97. The summed E-state index contributed by atoms with van der Waals surface area (Å²) in [6.45, 7) is 9.90. The number of likely N-dealkylation sites (tertiary alicyclic amines) is 1. The Morgan fingerprint density at radius 2 is 2.11 bits per heavy atom. The van der Waals surface area contributed by atoms with Crippen molar-refractivity contribution >= 4 is 0 Å². The molecule has 4 heteroatoms. The molecule has 1 aliphatic heterocycles. The standard InChI is InChI=1S/C15H32N2O2/c1-13(2)14-5-4-8-17(9-6-14)12-15(18)11-16-7-10-19-3/h13-16,18H,4-12H2,1-3H3. The number of methoxy groups -OCH3 is 1. The number of ether oxygens (including phenoxy) is 1. The monoisotopic (exact) mass is 272 g/mol. The smallest absolute Gasteiger partial charge is 0.0791 e. The number of aliphatic hydroxyl groups is 1. The molecule has 0 spiro atoms. The van der Waals surface area contributed by atoms with E-state index in [1.165, 1.54) is 19.3 Å². The maximum Gasteiger partial charge on any atom is 0.0791 e. The lowest BCUT2D eigenvalue weighted by atomic mass is 9.89. The van der Waals surface area contributed by atoms with Gasteiger partial charge in [-0.15, -0.1) is 0 Å². The van der Waals surface area contributed by atoms with Crippen LogP contribution in [-0.4, -0.2) is 62.6 Å². The molecule has 0 aromatic rings. The third-order valence-corrected chi connectivity index (χ3v) is 4.14. The van der Waals surface area contributed by atoms with Crippen molar-refractivity contribution in [1.29, 1.82) is 0 Å². The number of rotatable bonds is 8. The van der Waals surface area contributed by atoms with E-state index in [0.29, 0.717) is 13.2 Å². The fraction of sp³-hybridized carbons (Fsp3) is 1.00. The first-order chi connectivity index (χ1) is 9.13. The number of nitrogens with one attached hydrogen (secondary N) is 1. The first-order valence-electron chi connectivity index (χ1n) is 7.73. The molecule has 1 heterocycles. The average Bonchev–Trinajstić information content (AvgIpc) is 2.60. The molecule has 1 fully saturated rings. The van der Waals surface area contributed by atoms with E-state index in [2.05, 4.69) is 24.1 Å². The van der Waals surface area contributed by atoms with E-state index in [1.54, 1.807) is 7.11 Å². The van der Waals surface area contributed by atoms with Gasteiger partial charge in [-0.3, -0.25) is 0 Å². The van der Waals surface area contributed by atoms with Crippen LogP contribution in [0, 0.1) is 11.8 Å². The van der Waals surface area contributed by atoms with Crippen molar-refractivity contribution in [3.05, 3.63) is 0 Å². The fourth-order valence-electron chi connectivity index (χ4n) is 2.84. The maximum atomic E-state index is 10.0. The first-order valence-corrected chi connectivity index (χ1v) is 7.73. The third-order valence-electron chi connectivity index (χ3n) is 4.14. The third kappa shape index (κ3) is 7.25. The van der Waals surface area contributed by atoms with Gasteiger partial charge >= 0.3 is 0 Å². The molecule has 2 N–H and O–H groups in total. The van der Waals surface area contributed by atoms with E-state index < -0.39 is 0 Å². The molecule has 0 bridgehead atoms. The van der Waals surface area contributed by atoms with Gasteiger partial charge in [0.2, 0.25) is 0 Å². The van der Waals surface area contributed by atoms with Crippen LogP contribution < -0.4 is 5.32 Å². The molecule has 0 saturated carbocycles. The maximum absolute atomic E-state index is 10.0. The van der Waals surface area contributed by atoms with E-state index >= 15 is 0 Å². The van der Waals surface area contributed by atoms with Crippen LogP contribution in [0.5, 0.6) is 0 Å². The zero-order chi connectivity index (χ0) is 14.1. The lowest BCUT2D eigenvalue weighted by Gasteiger charge is -2.24. The molecule has 0 aromatic heterocycles. The van der Waals surface area contributed by atoms with Gasteiger partial charge in [0.25, 0.3) is 0 Å². The highest BCUT2D eigenvalue weighted by molar-refractivity contribution is 4.74. The molecule has 0 radical (unpaired) electrons. The van der Waals surface area contributed by atoms with Crippen molar-refractivity contribution in [2.75, 3.05) is 46.4 Å². The Balaban J connectivity index is 2.17. The summed E-state index contributed by atoms with van der Waals surface area (Å²) in [5.41, 5.74) is 0. The Morgan fingerprint density at radius 1 is 1.32 bits per heavy atom. The molecule has 0 amide bonds. The zero-order valence-corrected chi connectivity index (χ0v) is 12.9. The van der Waals surface area contributed by atoms with Crippen molar-refractivity contribution in [1.82, 2.24) is 10.2 Å². The Hall–Kier alpha value is -0.160. The van der Waals surface area contributed by atoms with Crippen molar-refractivity contribution in [2.45, 2.75) is 39.2 Å². The molecular formula is C15H32N2O2. The Bertz CT molecular complexity index is 224. The molecular weight excluding hydrogens is 240 g/mol. The quantitative estimate of drug-likeness (QED) is 0.655. The predicted molar refractivity (Wildman–Crippen MR) is 79.4 cm³/mol. The molecule has 1 saturated heterocycles. The van der Waals surface area contributed by atoms with Gasteiger partial charge in [0.1, 0.15) is 0 Å². The molecule has 114 valence electrons. The molecule has 4 nitrogen and oxygen atoms in total. The summed E-state index contributed by atoms with van der Waals surface area (Å²) in [6.07, 6.45) is 3.62. The minimum absolute atomic E-state index is 0.271. The van der Waals surface area contributed by atoms with Gasteiger partial charge in [0.15, 0.2) is 0 Å². The van der Waals surface area contributed by atoms with Crippen molar-refractivity contribution in [3.8, 4) is 0 Å². The van der Waals surface area contributed by atoms with Gasteiger partial charge in [-0.1, -0.05) is 13.8 Å². The number of β-amino-alcohol motifs (C(OH)–C–C–N with tert-alkyl or cyclic N) is 1. The van der Waals surface area contributed by atoms with Crippen LogP contribution >= 0.6 is 0 Å². The summed E-state index contributed by atoms with van der Waals surface area (Å²) >= 11 is 0. The molecule has 1 rings (SSSR count). The minimum Gasteiger partial charge on any atom is -0.390 e. The largest absolute Gasteiger partial charge is 0.390 e. The summed E-state index contributed by atoms with van der Waals surface area (Å²) in [5.74, 6) is 1.66. The Labute approximate surface area is 118 Å². The summed E-state index contributed by atoms with van der Waals surface area (Å²) in [6, 6.07) is 0. The van der Waals surface area contributed by atoms with E-state index in [9.17, 15) is 5.11 Å². The van der Waals surface area contributed by atoms with Crippen LogP contribution in [0.4, 0.5) is 0 Å². The second-order valence-corrected chi connectivity index (χ2v) is 6.09. The van der Waals surface area contributed by atoms with Gasteiger partial charge in [-0.2, -0.15) is 0 Å². The van der Waals surface area contributed by atoms with Gasteiger partial charge in [-0.05, 0) is 44.2 Å². The molecule has 0 aliphatic carbocycles. The number of hydrogen-bond donors (Lipinski definition) is 2. The second kappa shape index (κ2) is 9.70. The Morgan fingerprint density at radius 3 is 2.79 bits per heavy atom. The summed E-state index contributed by atoms with van der Waals surface area (Å²) in [5, 5.41) is 13.2. The van der Waals surface area contributed by atoms with E-state index in [4.69, 9.17) is 4.74 Å². The van der Waals surface area contributed by atoms with Crippen LogP contribution in [-0.2, 0) is 4.74 Å². The molecule has 19 heavy (non-hydrogen) atoms. The van der Waals surface area contributed by atoms with Gasteiger partial charge in [0, 0.05) is 26.7 Å². The zero-order valence-electron chi connectivity index (χ0n) is 12.9. The van der Waals surface area contributed by atoms with Gasteiger partial charge in [-0.25, -0.2) is 0 Å². The van der Waals surface area contributed by atoms with Gasteiger partial charge in [0.05, 0.1) is 12.7 Å². The average molecular weight is 272 g/mol. The number of aliphatic hydroxyl groups excluding tert-OH is 1. The fourth-order valence-corrected chi connectivity index (χ4v) is 2.84. The Kier molecular flexibility index (Phi) is 8.62. The predicted octanol–water partition coefficient (Wildman–Crippen LogP) is 1.34. The second-order valence-electron chi connectivity index (χ2n) is 6.09. The highest BCUT2D eigenvalue weighted by Crippen LogP contribution is 2.24. The molecule has 2 unspecified atom stereocenters. The van der Waals surface area contributed by atoms with Crippen molar-refractivity contribution < 1.29 is 9.84 Å². The van der Waals surface area contributed by atoms with Crippen molar-refractivity contribution in [3.63, 3.8) is 0 Å². The lowest BCUT2D eigenvalue weighted by Crippen LogP contribution is -2.39. The van der Waals surface area contributed by atoms with Crippen LogP contribution in [0.15, 0.2) is 0 Å². The summed E-state index contributed by atoms with van der Waals surface area (Å²) in [7, 11) is 1.69. The number of hydrogen-bond acceptors (Lipinski definition) is 4. The normalized spacial score (nSPS) is 23.5. The minimum atomic E-state index is -0.271. The van der Waals surface area contributed by atoms with E-state index in [-0.39, 0.29) is 6.10 Å². The van der Waals surface area contributed by atoms with Crippen LogP contribution in [0.25, 0.3) is 0 Å². The van der Waals surface area contributed by atoms with Crippen LogP contribution in [0.2, 0.25) is 0 Å².